The van der Waals surface area contributed by atoms with Gasteiger partial charge < -0.3 is 10.4 Å². The second-order valence-corrected chi connectivity index (χ2v) is 4.91. The molecule has 0 aliphatic carbocycles. The van der Waals surface area contributed by atoms with Crippen LogP contribution in [0.1, 0.15) is 19.4 Å². The Morgan fingerprint density at radius 1 is 1.53 bits per heavy atom. The van der Waals surface area contributed by atoms with Crippen LogP contribution in [0, 0.1) is 12.8 Å². The molecular formula is C11H17BrN2O. The van der Waals surface area contributed by atoms with Crippen molar-refractivity contribution in [2.45, 2.75) is 26.8 Å². The SMILES string of the molecule is Cc1cc(Br)cnc1NC(CO)C(C)C. The number of aliphatic hydroxyl groups excluding tert-OH is 1. The lowest BCUT2D eigenvalue weighted by Gasteiger charge is -2.21. The Kier molecular flexibility index (Phi) is 4.54. The Labute approximate surface area is 99.1 Å². The molecule has 2 N–H and O–H groups in total. The molecule has 0 aliphatic rings. The number of hydrogen-bond donors (Lipinski definition) is 2. The van der Waals surface area contributed by atoms with Crippen molar-refractivity contribution in [2.24, 2.45) is 5.92 Å². The molecule has 0 aliphatic heterocycles. The number of nitrogens with one attached hydrogen (secondary N) is 1. The zero-order chi connectivity index (χ0) is 11.4. The van der Waals surface area contributed by atoms with Crippen molar-refractivity contribution in [1.82, 2.24) is 4.98 Å². The number of aryl methyl sites for hydroxylation is 1. The molecule has 0 fully saturated rings. The normalized spacial score (nSPS) is 12.9. The van der Waals surface area contributed by atoms with Crippen LogP contribution < -0.4 is 5.32 Å². The molecule has 1 heterocycles. The highest BCUT2D eigenvalue weighted by Gasteiger charge is 2.13. The summed E-state index contributed by atoms with van der Waals surface area (Å²) in [7, 11) is 0. The second kappa shape index (κ2) is 5.47. The first-order valence-corrected chi connectivity index (χ1v) is 5.83. The van der Waals surface area contributed by atoms with Crippen molar-refractivity contribution in [3.63, 3.8) is 0 Å². The maximum absolute atomic E-state index is 9.20. The van der Waals surface area contributed by atoms with E-state index in [0.717, 1.165) is 15.9 Å². The minimum atomic E-state index is 0.0531. The van der Waals surface area contributed by atoms with Gasteiger partial charge in [-0.15, -0.1) is 0 Å². The summed E-state index contributed by atoms with van der Waals surface area (Å²) in [5.41, 5.74) is 1.07. The zero-order valence-electron chi connectivity index (χ0n) is 9.29. The quantitative estimate of drug-likeness (QED) is 0.886. The number of aliphatic hydroxyl groups is 1. The summed E-state index contributed by atoms with van der Waals surface area (Å²) in [4.78, 5) is 4.28. The fourth-order valence-corrected chi connectivity index (χ4v) is 1.74. The number of aromatic nitrogens is 1. The average molecular weight is 273 g/mol. The van der Waals surface area contributed by atoms with Crippen LogP contribution >= 0.6 is 15.9 Å². The first-order chi connectivity index (χ1) is 7.04. The van der Waals surface area contributed by atoms with Crippen LogP contribution in [-0.2, 0) is 0 Å². The van der Waals surface area contributed by atoms with Crippen LogP contribution in [0.15, 0.2) is 16.7 Å². The molecular weight excluding hydrogens is 256 g/mol. The van der Waals surface area contributed by atoms with Crippen LogP contribution in [-0.4, -0.2) is 22.7 Å². The van der Waals surface area contributed by atoms with Crippen molar-refractivity contribution in [3.05, 3.63) is 22.3 Å². The first kappa shape index (κ1) is 12.5. The largest absolute Gasteiger partial charge is 0.394 e. The van der Waals surface area contributed by atoms with E-state index in [-0.39, 0.29) is 12.6 Å². The first-order valence-electron chi connectivity index (χ1n) is 5.04. The molecule has 0 radical (unpaired) electrons. The van der Waals surface area contributed by atoms with Gasteiger partial charge in [-0.2, -0.15) is 0 Å². The second-order valence-electron chi connectivity index (χ2n) is 4.00. The van der Waals surface area contributed by atoms with Gasteiger partial charge >= 0.3 is 0 Å². The van der Waals surface area contributed by atoms with Gasteiger partial charge in [0.15, 0.2) is 0 Å². The molecule has 1 rings (SSSR count). The summed E-state index contributed by atoms with van der Waals surface area (Å²) in [6.45, 7) is 6.26. The molecule has 1 aromatic rings. The molecule has 0 bridgehead atoms. The number of pyridine rings is 1. The topological polar surface area (TPSA) is 45.2 Å². The van der Waals surface area contributed by atoms with Gasteiger partial charge in [0.25, 0.3) is 0 Å². The Morgan fingerprint density at radius 2 is 2.20 bits per heavy atom. The van der Waals surface area contributed by atoms with Crippen molar-refractivity contribution in [1.29, 1.82) is 0 Å². The molecule has 0 amide bonds. The van der Waals surface area contributed by atoms with E-state index in [1.54, 1.807) is 6.20 Å². The smallest absolute Gasteiger partial charge is 0.129 e. The zero-order valence-corrected chi connectivity index (χ0v) is 10.9. The number of nitrogens with zero attached hydrogens (tertiary/aromatic N) is 1. The molecule has 84 valence electrons. The van der Waals surface area contributed by atoms with Gasteiger partial charge in [-0.05, 0) is 40.4 Å². The highest BCUT2D eigenvalue weighted by atomic mass is 79.9. The van der Waals surface area contributed by atoms with Crippen LogP contribution in [0.25, 0.3) is 0 Å². The highest BCUT2D eigenvalue weighted by molar-refractivity contribution is 9.10. The van der Waals surface area contributed by atoms with E-state index >= 15 is 0 Å². The minimum Gasteiger partial charge on any atom is -0.394 e. The third-order valence-electron chi connectivity index (χ3n) is 2.37. The van der Waals surface area contributed by atoms with Gasteiger partial charge in [0.2, 0.25) is 0 Å². The Morgan fingerprint density at radius 3 is 2.67 bits per heavy atom. The lowest BCUT2D eigenvalue weighted by molar-refractivity contribution is 0.249. The predicted molar refractivity (Wildman–Crippen MR) is 66.0 cm³/mol. The predicted octanol–water partition coefficient (Wildman–Crippen LogP) is 2.58. The van der Waals surface area contributed by atoms with E-state index in [0.29, 0.717) is 5.92 Å². The summed E-state index contributed by atoms with van der Waals surface area (Å²) >= 11 is 3.37. The lowest BCUT2D eigenvalue weighted by atomic mass is 10.1. The van der Waals surface area contributed by atoms with E-state index in [9.17, 15) is 5.11 Å². The summed E-state index contributed by atoms with van der Waals surface area (Å²) < 4.78 is 0.968. The standard InChI is InChI=1S/C11H17BrN2O/c1-7(2)10(6-15)14-11-8(3)4-9(12)5-13-11/h4-5,7,10,15H,6H2,1-3H3,(H,13,14). The van der Waals surface area contributed by atoms with Crippen LogP contribution in [0.5, 0.6) is 0 Å². The van der Waals surface area contributed by atoms with Gasteiger partial charge in [-0.1, -0.05) is 13.8 Å². The molecule has 0 spiro atoms. The number of halogens is 1. The Bertz CT molecular complexity index is 328. The van der Waals surface area contributed by atoms with E-state index < -0.39 is 0 Å². The fourth-order valence-electron chi connectivity index (χ4n) is 1.29. The van der Waals surface area contributed by atoms with Gasteiger partial charge in [0, 0.05) is 10.7 Å². The van der Waals surface area contributed by atoms with Gasteiger partial charge in [0.05, 0.1) is 12.6 Å². The molecule has 0 saturated heterocycles. The van der Waals surface area contributed by atoms with Crippen molar-refractivity contribution < 1.29 is 5.11 Å². The maximum atomic E-state index is 9.20. The van der Waals surface area contributed by atoms with Gasteiger partial charge in [-0.3, -0.25) is 0 Å². The fraction of sp³-hybridized carbons (Fsp3) is 0.545. The molecule has 0 aromatic carbocycles. The number of rotatable bonds is 4. The van der Waals surface area contributed by atoms with Gasteiger partial charge in [-0.25, -0.2) is 4.98 Å². The van der Waals surface area contributed by atoms with Crippen molar-refractivity contribution >= 4 is 21.7 Å². The molecule has 4 heteroatoms. The summed E-state index contributed by atoms with van der Waals surface area (Å²) in [6.07, 6.45) is 1.75. The number of anilines is 1. The van der Waals surface area contributed by atoms with Crippen LogP contribution in [0.2, 0.25) is 0 Å². The molecule has 1 aromatic heterocycles. The third kappa shape index (κ3) is 3.47. The summed E-state index contributed by atoms with van der Waals surface area (Å²) in [6, 6.07) is 2.06. The molecule has 3 nitrogen and oxygen atoms in total. The Hall–Kier alpha value is -0.610. The molecule has 15 heavy (non-hydrogen) atoms. The Balaban J connectivity index is 2.79. The van der Waals surface area contributed by atoms with E-state index in [1.165, 1.54) is 0 Å². The van der Waals surface area contributed by atoms with Crippen molar-refractivity contribution in [3.8, 4) is 0 Å². The van der Waals surface area contributed by atoms with E-state index in [1.807, 2.05) is 13.0 Å². The molecule has 1 atom stereocenters. The number of hydrogen-bond acceptors (Lipinski definition) is 3. The molecule has 0 saturated carbocycles. The summed E-state index contributed by atoms with van der Waals surface area (Å²) in [5.74, 6) is 1.21. The third-order valence-corrected chi connectivity index (χ3v) is 2.80. The minimum absolute atomic E-state index is 0.0531. The average Bonchev–Trinajstić information content (AvgIpc) is 2.16. The van der Waals surface area contributed by atoms with Crippen molar-refractivity contribution in [2.75, 3.05) is 11.9 Å². The molecule has 1 unspecified atom stereocenters. The van der Waals surface area contributed by atoms with Crippen LogP contribution in [0.3, 0.4) is 0 Å². The lowest BCUT2D eigenvalue weighted by Crippen LogP contribution is -2.30. The summed E-state index contributed by atoms with van der Waals surface area (Å²) in [5, 5.41) is 12.4. The highest BCUT2D eigenvalue weighted by Crippen LogP contribution is 2.18. The monoisotopic (exact) mass is 272 g/mol. The van der Waals surface area contributed by atoms with E-state index in [2.05, 4.69) is 40.1 Å². The maximum Gasteiger partial charge on any atom is 0.129 e. The van der Waals surface area contributed by atoms with Gasteiger partial charge in [0.1, 0.15) is 5.82 Å². The van der Waals surface area contributed by atoms with Crippen LogP contribution in [0.4, 0.5) is 5.82 Å². The van der Waals surface area contributed by atoms with E-state index in [4.69, 9.17) is 0 Å².